The molecule has 106 valence electrons. The van der Waals surface area contributed by atoms with Gasteiger partial charge in [0.15, 0.2) is 0 Å². The fourth-order valence-corrected chi connectivity index (χ4v) is 2.77. The van der Waals surface area contributed by atoms with Gasteiger partial charge in [0.2, 0.25) is 0 Å². The Balaban J connectivity index is 1.85. The third-order valence-corrected chi connectivity index (χ3v) is 3.84. The Morgan fingerprint density at radius 3 is 2.00 bits per heavy atom. The number of anilines is 1. The van der Waals surface area contributed by atoms with Gasteiger partial charge in [-0.2, -0.15) is 0 Å². The molecule has 0 N–H and O–H groups in total. The van der Waals surface area contributed by atoms with Gasteiger partial charge < -0.3 is 0 Å². The molecule has 0 fully saturated rings. The smallest absolute Gasteiger partial charge is 0.266 e. The van der Waals surface area contributed by atoms with Crippen LogP contribution in [0.4, 0.5) is 10.1 Å². The normalized spacial score (nSPS) is 13.8. The number of imide groups is 1. The molecule has 1 aliphatic rings. The highest BCUT2D eigenvalue weighted by Crippen LogP contribution is 2.30. The number of rotatable bonds is 1. The summed E-state index contributed by atoms with van der Waals surface area (Å²) in [6, 6.07) is 16.2. The van der Waals surface area contributed by atoms with E-state index in [9.17, 15) is 14.0 Å². The Labute approximate surface area is 125 Å². The topological polar surface area (TPSA) is 37.4 Å². The van der Waals surface area contributed by atoms with Gasteiger partial charge in [0.25, 0.3) is 11.8 Å². The average molecular weight is 291 g/mol. The number of fused-ring (bicyclic) bond motifs is 2. The van der Waals surface area contributed by atoms with Gasteiger partial charge >= 0.3 is 0 Å². The molecule has 0 unspecified atom stereocenters. The van der Waals surface area contributed by atoms with Crippen molar-refractivity contribution in [2.75, 3.05) is 4.90 Å². The van der Waals surface area contributed by atoms with E-state index in [1.54, 1.807) is 48.5 Å². The third kappa shape index (κ3) is 1.74. The van der Waals surface area contributed by atoms with Crippen molar-refractivity contribution in [2.24, 2.45) is 0 Å². The Bertz CT molecular complexity index is 914. The Hall–Kier alpha value is -3.01. The predicted molar refractivity (Wildman–Crippen MR) is 81.5 cm³/mol. The quantitative estimate of drug-likeness (QED) is 0.640. The van der Waals surface area contributed by atoms with E-state index in [2.05, 4.69) is 0 Å². The molecule has 0 saturated carbocycles. The second-order valence-corrected chi connectivity index (χ2v) is 5.17. The molecule has 3 aromatic carbocycles. The van der Waals surface area contributed by atoms with Crippen molar-refractivity contribution in [1.29, 1.82) is 0 Å². The number of carbonyl (C=O) groups excluding carboxylic acids is 2. The van der Waals surface area contributed by atoms with Gasteiger partial charge in [-0.05, 0) is 47.2 Å². The molecule has 0 bridgehead atoms. The lowest BCUT2D eigenvalue weighted by atomic mass is 10.1. The fourth-order valence-electron chi connectivity index (χ4n) is 2.77. The summed E-state index contributed by atoms with van der Waals surface area (Å²) >= 11 is 0. The first-order chi connectivity index (χ1) is 10.6. The number of hydrogen-bond acceptors (Lipinski definition) is 2. The molecule has 3 aromatic rings. The van der Waals surface area contributed by atoms with Crippen molar-refractivity contribution in [3.05, 3.63) is 77.6 Å². The Morgan fingerprint density at radius 1 is 0.727 bits per heavy atom. The van der Waals surface area contributed by atoms with E-state index < -0.39 is 0 Å². The van der Waals surface area contributed by atoms with Crippen LogP contribution in [-0.4, -0.2) is 11.8 Å². The van der Waals surface area contributed by atoms with Crippen LogP contribution in [0.1, 0.15) is 20.7 Å². The summed E-state index contributed by atoms with van der Waals surface area (Å²) in [4.78, 5) is 26.0. The zero-order chi connectivity index (χ0) is 15.3. The summed E-state index contributed by atoms with van der Waals surface area (Å²) in [5, 5.41) is 1.50. The second-order valence-electron chi connectivity index (χ2n) is 5.17. The van der Waals surface area contributed by atoms with E-state index in [0.717, 1.165) is 15.7 Å². The summed E-state index contributed by atoms with van der Waals surface area (Å²) < 4.78 is 13.2. The number of carbonyl (C=O) groups is 2. The number of hydrogen-bond donors (Lipinski definition) is 0. The number of benzene rings is 3. The maximum absolute atomic E-state index is 13.2. The molecule has 0 saturated heterocycles. The molecule has 3 nitrogen and oxygen atoms in total. The molecular formula is C18H10FNO2. The molecule has 1 aliphatic heterocycles. The first-order valence-electron chi connectivity index (χ1n) is 6.82. The molecule has 4 rings (SSSR count). The highest BCUT2D eigenvalue weighted by Gasteiger charge is 2.36. The maximum atomic E-state index is 13.2. The van der Waals surface area contributed by atoms with Crippen LogP contribution in [0.25, 0.3) is 10.8 Å². The van der Waals surface area contributed by atoms with Crippen molar-refractivity contribution in [3.8, 4) is 0 Å². The van der Waals surface area contributed by atoms with Gasteiger partial charge in [-0.25, -0.2) is 9.29 Å². The van der Waals surface area contributed by atoms with E-state index in [-0.39, 0.29) is 17.6 Å². The van der Waals surface area contributed by atoms with Crippen molar-refractivity contribution in [1.82, 2.24) is 0 Å². The zero-order valence-corrected chi connectivity index (χ0v) is 11.4. The Kier molecular flexibility index (Phi) is 2.60. The summed E-state index contributed by atoms with van der Waals surface area (Å²) in [5.74, 6) is -0.981. The van der Waals surface area contributed by atoms with E-state index in [1.807, 2.05) is 0 Å². The van der Waals surface area contributed by atoms with Gasteiger partial charge in [0.1, 0.15) is 5.82 Å². The molecular weight excluding hydrogens is 281 g/mol. The Morgan fingerprint density at radius 2 is 1.32 bits per heavy atom. The van der Waals surface area contributed by atoms with Gasteiger partial charge in [-0.3, -0.25) is 9.59 Å². The van der Waals surface area contributed by atoms with E-state index in [0.29, 0.717) is 16.8 Å². The summed E-state index contributed by atoms with van der Waals surface area (Å²) in [6.45, 7) is 0. The van der Waals surface area contributed by atoms with Crippen molar-refractivity contribution in [3.63, 3.8) is 0 Å². The minimum absolute atomic E-state index is 0.319. The molecule has 1 heterocycles. The average Bonchev–Trinajstić information content (AvgIpc) is 2.79. The van der Waals surface area contributed by atoms with Gasteiger partial charge in [0.05, 0.1) is 16.8 Å². The summed E-state index contributed by atoms with van der Waals surface area (Å²) in [7, 11) is 0. The van der Waals surface area contributed by atoms with E-state index >= 15 is 0 Å². The lowest BCUT2D eigenvalue weighted by Gasteiger charge is -2.14. The zero-order valence-electron chi connectivity index (χ0n) is 11.4. The fraction of sp³-hybridized carbons (Fsp3) is 0. The van der Waals surface area contributed by atoms with E-state index in [1.165, 1.54) is 12.1 Å². The number of halogens is 1. The van der Waals surface area contributed by atoms with Crippen LogP contribution in [0.15, 0.2) is 60.7 Å². The second kappa shape index (κ2) is 4.49. The highest BCUT2D eigenvalue weighted by molar-refractivity contribution is 6.34. The van der Waals surface area contributed by atoms with E-state index in [4.69, 9.17) is 0 Å². The minimum atomic E-state index is -0.331. The van der Waals surface area contributed by atoms with Crippen LogP contribution in [0.3, 0.4) is 0 Å². The van der Waals surface area contributed by atoms with Crippen LogP contribution in [0.5, 0.6) is 0 Å². The largest absolute Gasteiger partial charge is 0.268 e. The monoisotopic (exact) mass is 291 g/mol. The van der Waals surface area contributed by atoms with Crippen LogP contribution in [0, 0.1) is 5.82 Å². The van der Waals surface area contributed by atoms with Gasteiger partial charge in [-0.1, -0.05) is 24.3 Å². The van der Waals surface area contributed by atoms with Gasteiger partial charge in [0, 0.05) is 0 Å². The third-order valence-electron chi connectivity index (χ3n) is 3.84. The highest BCUT2D eigenvalue weighted by atomic mass is 19.1. The number of nitrogens with zero attached hydrogens (tertiary/aromatic N) is 1. The molecule has 22 heavy (non-hydrogen) atoms. The minimum Gasteiger partial charge on any atom is -0.268 e. The predicted octanol–water partition coefficient (Wildman–Crippen LogP) is 3.78. The molecule has 2 amide bonds. The molecule has 0 spiro atoms. The molecule has 0 radical (unpaired) electrons. The first kappa shape index (κ1) is 12.7. The van der Waals surface area contributed by atoms with Crippen LogP contribution in [-0.2, 0) is 0 Å². The molecule has 0 aromatic heterocycles. The summed E-state index contributed by atoms with van der Waals surface area (Å²) in [5.41, 5.74) is 1.31. The lowest BCUT2D eigenvalue weighted by molar-refractivity contribution is 0.0926. The van der Waals surface area contributed by atoms with Crippen molar-refractivity contribution < 1.29 is 14.0 Å². The van der Waals surface area contributed by atoms with Crippen LogP contribution in [0.2, 0.25) is 0 Å². The van der Waals surface area contributed by atoms with Crippen molar-refractivity contribution >= 4 is 28.3 Å². The lowest BCUT2D eigenvalue weighted by Crippen LogP contribution is -2.29. The van der Waals surface area contributed by atoms with Crippen LogP contribution >= 0.6 is 0 Å². The SMILES string of the molecule is O=C1c2ccccc2C(=O)N1c1ccc2cc(F)ccc2c1. The van der Waals surface area contributed by atoms with Crippen LogP contribution < -0.4 is 4.90 Å². The molecule has 0 aliphatic carbocycles. The number of amides is 2. The first-order valence-corrected chi connectivity index (χ1v) is 6.82. The molecule has 4 heteroatoms. The molecule has 0 atom stereocenters. The summed E-state index contributed by atoms with van der Waals surface area (Å²) in [6.07, 6.45) is 0. The maximum Gasteiger partial charge on any atom is 0.266 e. The van der Waals surface area contributed by atoms with Crippen molar-refractivity contribution in [2.45, 2.75) is 0 Å². The van der Waals surface area contributed by atoms with Gasteiger partial charge in [-0.15, -0.1) is 0 Å². The standard InChI is InChI=1S/C18H10FNO2/c19-13-7-5-12-10-14(8-6-11(12)9-13)20-17(21)15-3-1-2-4-16(15)18(20)22/h1-10H.